The third-order valence-corrected chi connectivity index (χ3v) is 4.69. The highest BCUT2D eigenvalue weighted by Crippen LogP contribution is 2.25. The quantitative estimate of drug-likeness (QED) is 0.299. The first-order valence-corrected chi connectivity index (χ1v) is 9.99. The van der Waals surface area contributed by atoms with Crippen LogP contribution in [-0.2, 0) is 11.2 Å². The van der Waals surface area contributed by atoms with Crippen LogP contribution in [-0.4, -0.2) is 29.8 Å². The molecule has 0 aliphatic rings. The summed E-state index contributed by atoms with van der Waals surface area (Å²) in [6.45, 7) is 2.54. The predicted octanol–water partition coefficient (Wildman–Crippen LogP) is 4.84. The third kappa shape index (κ3) is 5.01. The molecule has 31 heavy (non-hydrogen) atoms. The number of carbonyl (C=O) groups is 1. The summed E-state index contributed by atoms with van der Waals surface area (Å²) in [5.74, 6) is 2.48. The second kappa shape index (κ2) is 9.30. The van der Waals surface area contributed by atoms with Gasteiger partial charge in [0.1, 0.15) is 17.2 Å². The zero-order valence-corrected chi connectivity index (χ0v) is 17.3. The lowest BCUT2D eigenvalue weighted by atomic mass is 10.1. The lowest BCUT2D eigenvalue weighted by Gasteiger charge is -2.06. The molecule has 3 aromatic carbocycles. The van der Waals surface area contributed by atoms with Crippen LogP contribution in [0.4, 0.5) is 0 Å². The van der Waals surface area contributed by atoms with Gasteiger partial charge in [-0.3, -0.25) is 4.79 Å². The number of rotatable bonds is 8. The second-order valence-corrected chi connectivity index (χ2v) is 6.82. The van der Waals surface area contributed by atoms with E-state index in [1.807, 2.05) is 61.5 Å². The molecule has 0 saturated heterocycles. The summed E-state index contributed by atoms with van der Waals surface area (Å²) in [6, 6.07) is 18.7. The molecule has 0 N–H and O–H groups in total. The summed E-state index contributed by atoms with van der Waals surface area (Å²) in [7, 11) is 1.61. The minimum absolute atomic E-state index is 0.126. The molecule has 158 valence electrons. The van der Waals surface area contributed by atoms with E-state index in [-0.39, 0.29) is 12.4 Å². The minimum Gasteiger partial charge on any atom is -0.497 e. The topological polar surface area (TPSA) is 83.7 Å². The molecule has 1 heterocycles. The number of fused-ring (bicyclic) bond motifs is 1. The van der Waals surface area contributed by atoms with Crippen molar-refractivity contribution in [2.24, 2.45) is 0 Å². The molecular weight excluding hydrogens is 396 g/mol. The van der Waals surface area contributed by atoms with Gasteiger partial charge in [0, 0.05) is 12.0 Å². The minimum atomic E-state index is -0.372. The zero-order chi connectivity index (χ0) is 21.6. The van der Waals surface area contributed by atoms with E-state index in [0.29, 0.717) is 30.5 Å². The van der Waals surface area contributed by atoms with Gasteiger partial charge in [0.15, 0.2) is 0 Å². The van der Waals surface area contributed by atoms with E-state index in [2.05, 4.69) is 10.1 Å². The van der Waals surface area contributed by atoms with Crippen molar-refractivity contribution in [1.29, 1.82) is 0 Å². The van der Waals surface area contributed by atoms with Gasteiger partial charge in [-0.05, 0) is 66.2 Å². The Bertz CT molecular complexity index is 1180. The maximum atomic E-state index is 12.3. The number of aryl methyl sites for hydroxylation is 1. The van der Waals surface area contributed by atoms with Crippen LogP contribution >= 0.6 is 0 Å². The van der Waals surface area contributed by atoms with Gasteiger partial charge in [0.25, 0.3) is 0 Å². The van der Waals surface area contributed by atoms with Gasteiger partial charge in [-0.25, -0.2) is 0 Å². The van der Waals surface area contributed by atoms with Crippen LogP contribution in [0, 0.1) is 0 Å². The molecule has 0 saturated carbocycles. The van der Waals surface area contributed by atoms with Gasteiger partial charge in [-0.2, -0.15) is 4.98 Å². The van der Waals surface area contributed by atoms with Gasteiger partial charge in [0.2, 0.25) is 11.7 Å². The Morgan fingerprint density at radius 2 is 1.65 bits per heavy atom. The monoisotopic (exact) mass is 418 g/mol. The molecule has 0 aliphatic heterocycles. The Morgan fingerprint density at radius 3 is 2.39 bits per heavy atom. The van der Waals surface area contributed by atoms with Crippen molar-refractivity contribution in [3.63, 3.8) is 0 Å². The van der Waals surface area contributed by atoms with Crippen LogP contribution in [0.2, 0.25) is 0 Å². The molecule has 4 rings (SSSR count). The van der Waals surface area contributed by atoms with E-state index in [0.717, 1.165) is 27.8 Å². The first-order valence-electron chi connectivity index (χ1n) is 9.99. The fourth-order valence-electron chi connectivity index (χ4n) is 3.13. The number of methoxy groups -OCH3 is 1. The summed E-state index contributed by atoms with van der Waals surface area (Å²) in [4.78, 5) is 16.6. The fraction of sp³-hybridized carbons (Fsp3) is 0.208. The lowest BCUT2D eigenvalue weighted by Crippen LogP contribution is -2.09. The normalized spacial score (nSPS) is 10.8. The van der Waals surface area contributed by atoms with Crippen LogP contribution in [0.5, 0.6) is 17.2 Å². The van der Waals surface area contributed by atoms with E-state index in [9.17, 15) is 4.79 Å². The van der Waals surface area contributed by atoms with Gasteiger partial charge < -0.3 is 18.7 Å². The average Bonchev–Trinajstić information content (AvgIpc) is 3.27. The predicted molar refractivity (Wildman–Crippen MR) is 115 cm³/mol. The van der Waals surface area contributed by atoms with Crippen molar-refractivity contribution in [2.75, 3.05) is 13.7 Å². The highest BCUT2D eigenvalue weighted by molar-refractivity contribution is 5.86. The number of benzene rings is 3. The zero-order valence-electron chi connectivity index (χ0n) is 17.3. The molecule has 0 aliphatic carbocycles. The molecule has 4 aromatic rings. The molecule has 1 aromatic heterocycles. The summed E-state index contributed by atoms with van der Waals surface area (Å²) in [6.07, 6.45) is 0.422. The van der Waals surface area contributed by atoms with Crippen molar-refractivity contribution < 1.29 is 23.5 Å². The Hall–Kier alpha value is -3.87. The summed E-state index contributed by atoms with van der Waals surface area (Å²) in [5, 5.41) is 5.95. The maximum absolute atomic E-state index is 12.3. The van der Waals surface area contributed by atoms with E-state index in [1.54, 1.807) is 13.2 Å². The number of hydrogen-bond donors (Lipinski definition) is 0. The van der Waals surface area contributed by atoms with Gasteiger partial charge in [-0.1, -0.05) is 17.3 Å². The summed E-state index contributed by atoms with van der Waals surface area (Å²) >= 11 is 0. The number of nitrogens with zero attached hydrogens (tertiary/aromatic N) is 2. The molecule has 0 unspecified atom stereocenters. The molecule has 0 fully saturated rings. The van der Waals surface area contributed by atoms with Crippen LogP contribution < -0.4 is 14.2 Å². The lowest BCUT2D eigenvalue weighted by molar-refractivity contribution is -0.134. The maximum Gasteiger partial charge on any atom is 0.311 e. The molecule has 0 atom stereocenters. The first-order chi connectivity index (χ1) is 15.1. The Morgan fingerprint density at radius 1 is 0.935 bits per heavy atom. The van der Waals surface area contributed by atoms with Gasteiger partial charge >= 0.3 is 5.97 Å². The molecule has 0 amide bonds. The second-order valence-electron chi connectivity index (χ2n) is 6.82. The van der Waals surface area contributed by atoms with Crippen molar-refractivity contribution in [2.45, 2.75) is 19.8 Å². The van der Waals surface area contributed by atoms with E-state index >= 15 is 0 Å². The van der Waals surface area contributed by atoms with Crippen molar-refractivity contribution >= 4 is 16.7 Å². The van der Waals surface area contributed by atoms with Crippen LogP contribution in [0.25, 0.3) is 22.2 Å². The number of hydrogen-bond acceptors (Lipinski definition) is 7. The molecule has 0 spiro atoms. The molecule has 0 radical (unpaired) electrons. The van der Waals surface area contributed by atoms with Crippen molar-refractivity contribution in [3.8, 4) is 28.6 Å². The third-order valence-electron chi connectivity index (χ3n) is 4.69. The summed E-state index contributed by atoms with van der Waals surface area (Å²) in [5.41, 5.74) is 0.813. The summed E-state index contributed by atoms with van der Waals surface area (Å²) < 4.78 is 21.4. The van der Waals surface area contributed by atoms with E-state index in [1.165, 1.54) is 0 Å². The van der Waals surface area contributed by atoms with Crippen LogP contribution in [0.15, 0.2) is 65.2 Å². The fourth-order valence-corrected chi connectivity index (χ4v) is 3.13. The van der Waals surface area contributed by atoms with E-state index < -0.39 is 0 Å². The van der Waals surface area contributed by atoms with E-state index in [4.69, 9.17) is 18.7 Å². The molecule has 0 bridgehead atoms. The van der Waals surface area contributed by atoms with Crippen LogP contribution in [0.1, 0.15) is 19.2 Å². The number of carbonyl (C=O) groups excluding carboxylic acids is 1. The highest BCUT2D eigenvalue weighted by atomic mass is 16.5. The average molecular weight is 418 g/mol. The SMILES string of the molecule is CCOc1ccc(-c2noc(CCC(=O)Oc3ccc4ccc(OC)cc4c3)n2)cc1. The Balaban J connectivity index is 1.35. The van der Waals surface area contributed by atoms with Crippen molar-refractivity contribution in [3.05, 3.63) is 66.6 Å². The molecule has 7 nitrogen and oxygen atoms in total. The number of aromatic nitrogens is 2. The van der Waals surface area contributed by atoms with Crippen molar-refractivity contribution in [1.82, 2.24) is 10.1 Å². The largest absolute Gasteiger partial charge is 0.497 e. The molecule has 7 heteroatoms. The smallest absolute Gasteiger partial charge is 0.311 e. The van der Waals surface area contributed by atoms with Crippen LogP contribution in [0.3, 0.4) is 0 Å². The highest BCUT2D eigenvalue weighted by Gasteiger charge is 2.12. The Labute approximate surface area is 179 Å². The van der Waals surface area contributed by atoms with Gasteiger partial charge in [-0.15, -0.1) is 0 Å². The molecular formula is C24H22N2O5. The number of ether oxygens (including phenoxy) is 3. The standard InChI is InChI=1S/C24H22N2O5/c1-3-29-19-8-6-17(7-9-19)24-25-22(31-26-24)12-13-23(27)30-21-11-5-16-4-10-20(28-2)14-18(16)15-21/h4-11,14-15H,3,12-13H2,1-2H3. The Kier molecular flexibility index (Phi) is 6.12. The number of esters is 1. The van der Waals surface area contributed by atoms with Gasteiger partial charge in [0.05, 0.1) is 20.1 Å². The first kappa shape index (κ1) is 20.4.